The lowest BCUT2D eigenvalue weighted by Crippen LogP contribution is -2.30. The molecule has 3 aromatic carbocycles. The summed E-state index contributed by atoms with van der Waals surface area (Å²) in [5, 5.41) is 2.36. The predicted octanol–water partition coefficient (Wildman–Crippen LogP) is 5.45. The van der Waals surface area contributed by atoms with Gasteiger partial charge in [0, 0.05) is 17.0 Å². The van der Waals surface area contributed by atoms with E-state index in [0.29, 0.717) is 0 Å². The third-order valence-electron chi connectivity index (χ3n) is 4.69. The lowest BCUT2D eigenvalue weighted by molar-refractivity contribution is -0.659. The van der Waals surface area contributed by atoms with Crippen LogP contribution in [0, 0.1) is 12.7 Å². The zero-order valence-electron chi connectivity index (χ0n) is 14.3. The van der Waals surface area contributed by atoms with Crippen LogP contribution in [0.1, 0.15) is 5.56 Å². The third kappa shape index (κ3) is 2.91. The third-order valence-corrected chi connectivity index (χ3v) is 4.69. The van der Waals surface area contributed by atoms with E-state index < -0.39 is 0 Å². The van der Waals surface area contributed by atoms with E-state index in [4.69, 9.17) is 0 Å². The number of hydrogen-bond acceptors (Lipinski definition) is 0. The number of rotatable bonds is 2. The van der Waals surface area contributed by atoms with Crippen LogP contribution in [0.15, 0.2) is 79.0 Å². The summed E-state index contributed by atoms with van der Waals surface area (Å²) >= 11 is 0. The molecule has 0 atom stereocenters. The van der Waals surface area contributed by atoms with Crippen molar-refractivity contribution in [3.05, 3.63) is 90.4 Å². The number of benzene rings is 3. The molecule has 0 bridgehead atoms. The van der Waals surface area contributed by atoms with Crippen LogP contribution >= 0.6 is 0 Å². The normalized spacial score (nSPS) is 11.0. The Morgan fingerprint density at radius 1 is 0.760 bits per heavy atom. The summed E-state index contributed by atoms with van der Waals surface area (Å²) in [5.74, 6) is -0.210. The van der Waals surface area contributed by atoms with Crippen molar-refractivity contribution in [3.8, 4) is 22.4 Å². The Balaban J connectivity index is 1.88. The molecule has 0 unspecified atom stereocenters. The van der Waals surface area contributed by atoms with E-state index in [1.165, 1.54) is 39.7 Å². The number of pyridine rings is 1. The van der Waals surface area contributed by atoms with Crippen LogP contribution in [0.2, 0.25) is 0 Å². The Morgan fingerprint density at radius 2 is 1.48 bits per heavy atom. The van der Waals surface area contributed by atoms with Gasteiger partial charge in [-0.15, -0.1) is 0 Å². The van der Waals surface area contributed by atoms with Gasteiger partial charge in [0.25, 0.3) is 0 Å². The van der Waals surface area contributed by atoms with Crippen LogP contribution in [-0.4, -0.2) is 0 Å². The van der Waals surface area contributed by atoms with E-state index in [1.807, 2.05) is 12.1 Å². The summed E-state index contributed by atoms with van der Waals surface area (Å²) in [6.07, 6.45) is 2.16. The van der Waals surface area contributed by atoms with Crippen LogP contribution in [0.5, 0.6) is 0 Å². The van der Waals surface area contributed by atoms with Crippen LogP contribution in [0.3, 0.4) is 0 Å². The smallest absolute Gasteiger partial charge is 0.207 e. The van der Waals surface area contributed by atoms with Crippen LogP contribution < -0.4 is 4.57 Å². The fourth-order valence-electron chi connectivity index (χ4n) is 3.29. The van der Waals surface area contributed by atoms with Crippen molar-refractivity contribution >= 4 is 10.8 Å². The van der Waals surface area contributed by atoms with Crippen molar-refractivity contribution in [2.45, 2.75) is 6.92 Å². The van der Waals surface area contributed by atoms with E-state index in [0.717, 1.165) is 11.1 Å². The average molecular weight is 328 g/mol. The van der Waals surface area contributed by atoms with Crippen LogP contribution in [-0.2, 0) is 7.05 Å². The summed E-state index contributed by atoms with van der Waals surface area (Å²) < 4.78 is 15.3. The Hall–Kier alpha value is -3.00. The SMILES string of the molecule is Cc1ccccc1-c1cc2cc(-c3ccc(F)cc3)ccc2c[n+]1C. The minimum Gasteiger partial charge on any atom is -0.207 e. The molecule has 1 heterocycles. The summed E-state index contributed by atoms with van der Waals surface area (Å²) in [5.41, 5.74) is 5.79. The number of halogens is 1. The average Bonchev–Trinajstić information content (AvgIpc) is 2.62. The van der Waals surface area contributed by atoms with E-state index in [-0.39, 0.29) is 5.82 Å². The molecule has 122 valence electrons. The zero-order valence-corrected chi connectivity index (χ0v) is 14.3. The Labute approximate surface area is 147 Å². The minimum atomic E-state index is -0.210. The highest BCUT2D eigenvalue weighted by molar-refractivity contribution is 5.88. The first kappa shape index (κ1) is 15.5. The lowest BCUT2D eigenvalue weighted by Gasteiger charge is -2.08. The largest absolute Gasteiger partial charge is 0.213 e. The van der Waals surface area contributed by atoms with Gasteiger partial charge in [0.05, 0.1) is 0 Å². The fraction of sp³-hybridized carbons (Fsp3) is 0.0870. The highest BCUT2D eigenvalue weighted by Gasteiger charge is 2.14. The van der Waals surface area contributed by atoms with Gasteiger partial charge in [-0.3, -0.25) is 0 Å². The van der Waals surface area contributed by atoms with E-state index in [1.54, 1.807) is 0 Å². The number of nitrogens with zero attached hydrogens (tertiary/aromatic N) is 1. The molecule has 0 amide bonds. The van der Waals surface area contributed by atoms with E-state index in [9.17, 15) is 4.39 Å². The predicted molar refractivity (Wildman–Crippen MR) is 101 cm³/mol. The molecule has 0 radical (unpaired) electrons. The van der Waals surface area contributed by atoms with Gasteiger partial charge in [0.15, 0.2) is 6.20 Å². The Kier molecular flexibility index (Phi) is 3.81. The first-order chi connectivity index (χ1) is 12.1. The van der Waals surface area contributed by atoms with Crippen molar-refractivity contribution in [1.82, 2.24) is 0 Å². The molecule has 0 saturated heterocycles. The molecule has 1 aromatic heterocycles. The Bertz CT molecular complexity index is 1070. The van der Waals surface area contributed by atoms with Gasteiger partial charge >= 0.3 is 0 Å². The molecule has 1 nitrogen and oxygen atoms in total. The maximum absolute atomic E-state index is 13.2. The standard InChI is InChI=1S/C23H19FN/c1-16-5-3-4-6-22(16)23-14-20-13-18(7-8-19(20)15-25(23)2)17-9-11-21(24)12-10-17/h3-15H,1-2H3/q+1. The molecule has 0 aliphatic rings. The Morgan fingerprint density at radius 3 is 2.24 bits per heavy atom. The highest BCUT2D eigenvalue weighted by Crippen LogP contribution is 2.27. The molecule has 0 aliphatic carbocycles. The molecule has 2 heteroatoms. The van der Waals surface area contributed by atoms with Gasteiger partial charge in [0.2, 0.25) is 5.69 Å². The number of aryl methyl sites for hydroxylation is 2. The van der Waals surface area contributed by atoms with Gasteiger partial charge in [-0.05, 0) is 59.3 Å². The van der Waals surface area contributed by atoms with Gasteiger partial charge < -0.3 is 0 Å². The first-order valence-electron chi connectivity index (χ1n) is 8.37. The molecule has 0 spiro atoms. The summed E-state index contributed by atoms with van der Waals surface area (Å²) in [6, 6.07) is 23.7. The van der Waals surface area contributed by atoms with Crippen molar-refractivity contribution in [3.63, 3.8) is 0 Å². The molecule has 4 rings (SSSR count). The molecular weight excluding hydrogens is 309 g/mol. The molecule has 0 fully saturated rings. The number of fused-ring (bicyclic) bond motifs is 1. The van der Waals surface area contributed by atoms with Gasteiger partial charge in [-0.25, -0.2) is 8.96 Å². The highest BCUT2D eigenvalue weighted by atomic mass is 19.1. The number of aromatic nitrogens is 1. The second-order valence-corrected chi connectivity index (χ2v) is 6.44. The molecule has 25 heavy (non-hydrogen) atoms. The molecule has 0 saturated carbocycles. The second-order valence-electron chi connectivity index (χ2n) is 6.44. The lowest BCUT2D eigenvalue weighted by atomic mass is 9.99. The molecule has 4 aromatic rings. The molecule has 0 N–H and O–H groups in total. The summed E-state index contributed by atoms with van der Waals surface area (Å²) in [4.78, 5) is 0. The topological polar surface area (TPSA) is 3.88 Å². The van der Waals surface area contributed by atoms with Crippen molar-refractivity contribution in [2.24, 2.45) is 7.05 Å². The fourth-order valence-corrected chi connectivity index (χ4v) is 3.29. The maximum atomic E-state index is 13.2. The zero-order chi connectivity index (χ0) is 17.4. The second kappa shape index (κ2) is 6.14. The van der Waals surface area contributed by atoms with Crippen molar-refractivity contribution < 1.29 is 8.96 Å². The van der Waals surface area contributed by atoms with Gasteiger partial charge in [-0.2, -0.15) is 0 Å². The van der Waals surface area contributed by atoms with Crippen molar-refractivity contribution in [1.29, 1.82) is 0 Å². The van der Waals surface area contributed by atoms with Gasteiger partial charge in [0.1, 0.15) is 12.9 Å². The molecular formula is C23H19FN+. The van der Waals surface area contributed by atoms with Crippen LogP contribution in [0.25, 0.3) is 33.2 Å². The maximum Gasteiger partial charge on any atom is 0.213 e. The van der Waals surface area contributed by atoms with Gasteiger partial charge in [-0.1, -0.05) is 36.4 Å². The molecule has 0 aliphatic heterocycles. The van der Waals surface area contributed by atoms with E-state index in [2.05, 4.69) is 73.3 Å². The number of hydrogen-bond donors (Lipinski definition) is 0. The first-order valence-corrected chi connectivity index (χ1v) is 8.37. The van der Waals surface area contributed by atoms with Crippen LogP contribution in [0.4, 0.5) is 4.39 Å². The monoisotopic (exact) mass is 328 g/mol. The minimum absolute atomic E-state index is 0.210. The quantitative estimate of drug-likeness (QED) is 0.431. The van der Waals surface area contributed by atoms with Crippen molar-refractivity contribution in [2.75, 3.05) is 0 Å². The summed E-state index contributed by atoms with van der Waals surface area (Å²) in [6.45, 7) is 2.13. The summed E-state index contributed by atoms with van der Waals surface area (Å²) in [7, 11) is 2.08. The van der Waals surface area contributed by atoms with E-state index >= 15 is 0 Å².